The van der Waals surface area contributed by atoms with Crippen molar-refractivity contribution in [3.05, 3.63) is 142 Å². The number of anilines is 1. The molecule has 5 aromatic rings. The maximum Gasteiger partial charge on any atom is 0.407 e. The molecule has 8 rings (SSSR count). The fraction of sp³-hybridized carbons (Fsp3) is 0.293. The highest BCUT2D eigenvalue weighted by atomic mass is 32.2. The molecule has 0 radical (unpaired) electrons. The number of likely N-dealkylation sites (N-methyl/N-ethyl adjacent to an activating group) is 1. The fourth-order valence-electron chi connectivity index (χ4n) is 8.13. The van der Waals surface area contributed by atoms with Crippen LogP contribution in [0.4, 0.5) is 15.3 Å². The lowest BCUT2D eigenvalue weighted by Gasteiger charge is -2.33. The summed E-state index contributed by atoms with van der Waals surface area (Å²) in [4.78, 5) is 27.7. The Morgan fingerprint density at radius 3 is 1.96 bits per heavy atom. The van der Waals surface area contributed by atoms with Crippen LogP contribution in [0.5, 0.6) is 5.88 Å². The van der Waals surface area contributed by atoms with Crippen molar-refractivity contribution < 1.29 is 23.6 Å². The molecule has 0 fully saturated rings. The van der Waals surface area contributed by atoms with E-state index < -0.39 is 33.6 Å². The fourth-order valence-corrected chi connectivity index (χ4v) is 9.97. The molecule has 2 unspecified atom stereocenters. The van der Waals surface area contributed by atoms with Gasteiger partial charge >= 0.3 is 12.1 Å². The van der Waals surface area contributed by atoms with Crippen molar-refractivity contribution >= 4 is 27.7 Å². The van der Waals surface area contributed by atoms with Crippen molar-refractivity contribution in [1.82, 2.24) is 19.4 Å². The first kappa shape index (κ1) is 34.5. The van der Waals surface area contributed by atoms with Crippen LogP contribution in [0.2, 0.25) is 0 Å². The number of amides is 3. The van der Waals surface area contributed by atoms with E-state index in [-0.39, 0.29) is 23.9 Å². The van der Waals surface area contributed by atoms with Crippen LogP contribution < -0.4 is 14.8 Å². The summed E-state index contributed by atoms with van der Waals surface area (Å²) in [7, 11) is -2.45. The Morgan fingerprint density at radius 2 is 1.43 bits per heavy atom. The molecule has 11 nitrogen and oxygen atoms in total. The van der Waals surface area contributed by atoms with Gasteiger partial charge in [-0.15, -0.1) is 0 Å². The number of carboxylic acid groups (broad SMARTS) is 1. The number of fused-ring (bicyclic) bond motifs is 3. The van der Waals surface area contributed by atoms with E-state index in [2.05, 4.69) is 21.2 Å². The number of ether oxygens (including phenoxy) is 1. The first-order valence-electron chi connectivity index (χ1n) is 18.1. The van der Waals surface area contributed by atoms with Gasteiger partial charge in [-0.25, -0.2) is 23.2 Å². The smallest absolute Gasteiger partial charge is 0.407 e. The summed E-state index contributed by atoms with van der Waals surface area (Å²) in [5, 5.41) is 17.5. The number of carbonyl (C=O) groups is 2. The predicted molar refractivity (Wildman–Crippen MR) is 203 cm³/mol. The predicted octanol–water partition coefficient (Wildman–Crippen LogP) is 7.18. The molecule has 1 aliphatic heterocycles. The number of hydrogen-bond donors (Lipinski definition) is 3. The molecule has 2 atom stereocenters. The molecule has 4 aromatic carbocycles. The van der Waals surface area contributed by atoms with Gasteiger partial charge in [-0.1, -0.05) is 97.1 Å². The normalized spacial score (nSPS) is 17.3. The van der Waals surface area contributed by atoms with Crippen molar-refractivity contribution in [1.29, 1.82) is 0 Å². The van der Waals surface area contributed by atoms with E-state index in [9.17, 15) is 14.7 Å². The molecule has 272 valence electrons. The van der Waals surface area contributed by atoms with Crippen molar-refractivity contribution in [3.8, 4) is 5.88 Å². The molecule has 0 saturated carbocycles. The summed E-state index contributed by atoms with van der Waals surface area (Å²) < 4.78 is 32.2. The average Bonchev–Trinajstić information content (AvgIpc) is 3.92. The van der Waals surface area contributed by atoms with Gasteiger partial charge in [0.25, 0.3) is 0 Å². The number of rotatable bonds is 8. The Morgan fingerprint density at radius 1 is 0.887 bits per heavy atom. The summed E-state index contributed by atoms with van der Waals surface area (Å²) in [6, 6.07) is 30.1. The lowest BCUT2D eigenvalue weighted by atomic mass is 9.78. The zero-order valence-electron chi connectivity index (χ0n) is 29.5. The number of benzene rings is 4. The minimum absolute atomic E-state index is 0.0990. The second kappa shape index (κ2) is 14.1. The van der Waals surface area contributed by atoms with Crippen LogP contribution in [0, 0.1) is 0 Å². The minimum Gasteiger partial charge on any atom is -0.477 e. The third-order valence-corrected chi connectivity index (χ3v) is 12.6. The third-order valence-electron chi connectivity index (χ3n) is 10.8. The molecule has 0 saturated heterocycles. The first-order valence-corrected chi connectivity index (χ1v) is 19.6. The van der Waals surface area contributed by atoms with Crippen LogP contribution in [0.25, 0.3) is 0 Å². The maximum atomic E-state index is 16.2. The molecule has 2 heterocycles. The second-order valence-corrected chi connectivity index (χ2v) is 15.8. The van der Waals surface area contributed by atoms with Crippen molar-refractivity contribution in [3.63, 3.8) is 0 Å². The van der Waals surface area contributed by atoms with E-state index >= 15 is 4.21 Å². The Hall–Kier alpha value is -5.62. The molecular weight excluding hydrogens is 689 g/mol. The van der Waals surface area contributed by atoms with E-state index in [1.54, 1.807) is 0 Å². The van der Waals surface area contributed by atoms with Gasteiger partial charge in [0, 0.05) is 19.2 Å². The lowest BCUT2D eigenvalue weighted by molar-refractivity contribution is 0.129. The Kier molecular flexibility index (Phi) is 9.15. The van der Waals surface area contributed by atoms with Gasteiger partial charge in [0.2, 0.25) is 5.88 Å². The molecule has 0 spiro atoms. The number of hydrogen-bond acceptors (Lipinski definition) is 6. The Labute approximate surface area is 309 Å². The molecular formula is C41H42N6O5S. The molecule has 3 N–H and O–H groups in total. The number of nitrogens with one attached hydrogen (secondary N) is 2. The lowest BCUT2D eigenvalue weighted by Crippen LogP contribution is -2.39. The molecule has 3 aliphatic rings. The maximum absolute atomic E-state index is 16.2. The van der Waals surface area contributed by atoms with Crippen LogP contribution in [0.1, 0.15) is 58.2 Å². The monoisotopic (exact) mass is 730 g/mol. The van der Waals surface area contributed by atoms with E-state index in [0.29, 0.717) is 6.42 Å². The zero-order chi connectivity index (χ0) is 36.6. The van der Waals surface area contributed by atoms with Crippen LogP contribution in [-0.4, -0.2) is 55.8 Å². The van der Waals surface area contributed by atoms with Crippen LogP contribution >= 0.6 is 0 Å². The largest absolute Gasteiger partial charge is 0.477 e. The molecule has 12 heteroatoms. The van der Waals surface area contributed by atoms with E-state index in [4.69, 9.17) is 9.10 Å². The molecule has 1 aromatic heterocycles. The summed E-state index contributed by atoms with van der Waals surface area (Å²) in [5.41, 5.74) is 6.50. The number of carbonyl (C=O) groups excluding carboxylic acids is 1. The standard InChI is InChI=1S/C41H42N6O5S/c1-46(40(49)50)33-23-24-52-38-36(26-42-47(38)27-33)53(51,44-39(48)43-37-34-21-11-13-28(34)25-29-14-12-22-35(29)37)45-41(30-15-5-2-6-16-30,31-17-7-3-8-18-31)32-19-9-4-10-20-32/h2-10,15-20,25-26,33H,11-14,21-24,27H2,1H3,(H,49,50)(H2,43,44,45,48,51). The SMILES string of the molecule is CN(C(=O)O)C1CCOc2c(S(=O)(=NC(c3ccccc3)(c3ccccc3)c3ccccc3)NC(=O)Nc3c4c(cc5c3CCC5)CCC4)cnn2C1. The van der Waals surface area contributed by atoms with E-state index in [1.165, 1.54) is 34.0 Å². The summed E-state index contributed by atoms with van der Waals surface area (Å²) in [6.07, 6.45) is 6.46. The molecule has 2 aliphatic carbocycles. The number of nitrogens with zero attached hydrogens (tertiary/aromatic N) is 4. The number of urea groups is 1. The summed E-state index contributed by atoms with van der Waals surface area (Å²) in [5.74, 6) is 0.171. The first-order chi connectivity index (χ1) is 25.8. The van der Waals surface area contributed by atoms with Crippen LogP contribution in [0.3, 0.4) is 0 Å². The van der Waals surface area contributed by atoms with Crippen LogP contribution in [-0.2, 0) is 47.7 Å². The highest BCUT2D eigenvalue weighted by Crippen LogP contribution is 2.44. The van der Waals surface area contributed by atoms with Gasteiger partial charge in [0.15, 0.2) is 9.92 Å². The van der Waals surface area contributed by atoms with Gasteiger partial charge in [0.05, 0.1) is 25.4 Å². The second-order valence-electron chi connectivity index (χ2n) is 13.9. The zero-order valence-corrected chi connectivity index (χ0v) is 30.4. The quantitative estimate of drug-likeness (QED) is 0.145. The van der Waals surface area contributed by atoms with Gasteiger partial charge < -0.3 is 20.1 Å². The molecule has 53 heavy (non-hydrogen) atoms. The van der Waals surface area contributed by atoms with Gasteiger partial charge in [-0.05, 0) is 77.5 Å². The van der Waals surface area contributed by atoms with Gasteiger partial charge in [0.1, 0.15) is 10.4 Å². The summed E-state index contributed by atoms with van der Waals surface area (Å²) in [6.45, 7) is 0.315. The highest BCUT2D eigenvalue weighted by molar-refractivity contribution is 7.92. The highest BCUT2D eigenvalue weighted by Gasteiger charge is 2.41. The van der Waals surface area contributed by atoms with Gasteiger partial charge in [-0.3, -0.25) is 0 Å². The minimum atomic E-state index is -3.96. The molecule has 0 bridgehead atoms. The van der Waals surface area contributed by atoms with E-state index in [1.807, 2.05) is 91.0 Å². The van der Waals surface area contributed by atoms with Crippen molar-refractivity contribution in [2.75, 3.05) is 19.0 Å². The molecule has 3 amide bonds. The topological polar surface area (TPSA) is 138 Å². The Balaban J connectivity index is 1.33. The van der Waals surface area contributed by atoms with Crippen molar-refractivity contribution in [2.45, 2.75) is 68.0 Å². The third kappa shape index (κ3) is 6.30. The Bertz CT molecular complexity index is 2160. The average molecular weight is 731 g/mol. The van der Waals surface area contributed by atoms with Crippen molar-refractivity contribution in [2.24, 2.45) is 4.36 Å². The van der Waals surface area contributed by atoms with Gasteiger partial charge in [-0.2, -0.15) is 9.46 Å². The number of aryl methyl sites for hydroxylation is 2. The summed E-state index contributed by atoms with van der Waals surface area (Å²) >= 11 is 0. The van der Waals surface area contributed by atoms with E-state index in [0.717, 1.165) is 72.0 Å². The number of aromatic nitrogens is 2. The van der Waals surface area contributed by atoms with Crippen LogP contribution in [0.15, 0.2) is 113 Å².